The topological polar surface area (TPSA) is 78.9 Å². The minimum absolute atomic E-state index is 0.0570. The SMILES string of the molecule is CC(C)(C)OC(C(=O)C(C)(C)C(C)(C)OC(CC(=O)C(C)(C)C)C(=O)OCc1ccccc1)c1ccccc1. The van der Waals surface area contributed by atoms with E-state index in [4.69, 9.17) is 14.2 Å². The smallest absolute Gasteiger partial charge is 0.336 e. The van der Waals surface area contributed by atoms with Crippen molar-refractivity contribution in [3.05, 3.63) is 71.8 Å². The van der Waals surface area contributed by atoms with Crippen LogP contribution in [0.1, 0.15) is 92.9 Å². The summed E-state index contributed by atoms with van der Waals surface area (Å²) in [7, 11) is 0. The number of ether oxygens (including phenoxy) is 3. The van der Waals surface area contributed by atoms with Crippen LogP contribution in [-0.4, -0.2) is 34.8 Å². The number of hydrogen-bond donors (Lipinski definition) is 0. The van der Waals surface area contributed by atoms with Gasteiger partial charge in [0.05, 0.1) is 16.6 Å². The highest BCUT2D eigenvalue weighted by atomic mass is 16.6. The molecule has 0 aliphatic heterocycles. The van der Waals surface area contributed by atoms with Gasteiger partial charge < -0.3 is 14.2 Å². The van der Waals surface area contributed by atoms with Crippen LogP contribution >= 0.6 is 0 Å². The van der Waals surface area contributed by atoms with Crippen LogP contribution in [0.25, 0.3) is 0 Å². The Morgan fingerprint density at radius 2 is 1.23 bits per heavy atom. The fraction of sp³-hybridized carbons (Fsp3) is 0.545. The molecule has 0 aliphatic rings. The molecule has 0 saturated carbocycles. The monoisotopic (exact) mass is 538 g/mol. The summed E-state index contributed by atoms with van der Waals surface area (Å²) in [5, 5.41) is 0. The van der Waals surface area contributed by atoms with Crippen LogP contribution in [0.4, 0.5) is 0 Å². The van der Waals surface area contributed by atoms with Crippen molar-refractivity contribution in [1.82, 2.24) is 0 Å². The van der Waals surface area contributed by atoms with Gasteiger partial charge in [-0.25, -0.2) is 4.79 Å². The summed E-state index contributed by atoms with van der Waals surface area (Å²) in [6, 6.07) is 18.7. The van der Waals surface area contributed by atoms with Gasteiger partial charge in [0, 0.05) is 11.8 Å². The maximum atomic E-state index is 14.1. The van der Waals surface area contributed by atoms with Crippen molar-refractivity contribution >= 4 is 17.5 Å². The third kappa shape index (κ3) is 9.11. The van der Waals surface area contributed by atoms with Gasteiger partial charge in [-0.15, -0.1) is 0 Å². The molecule has 0 heterocycles. The minimum atomic E-state index is -1.18. The molecule has 39 heavy (non-hydrogen) atoms. The molecule has 0 aliphatic carbocycles. The Balaban J connectivity index is 2.37. The second kappa shape index (κ2) is 12.6. The molecule has 0 bridgehead atoms. The molecule has 2 rings (SSSR count). The second-order valence-electron chi connectivity index (χ2n) is 13.1. The van der Waals surface area contributed by atoms with E-state index in [1.807, 2.05) is 81.4 Å². The molecule has 0 saturated heterocycles. The molecule has 0 fully saturated rings. The number of hydrogen-bond acceptors (Lipinski definition) is 6. The van der Waals surface area contributed by atoms with Gasteiger partial charge in [-0.1, -0.05) is 95.3 Å². The quantitative estimate of drug-likeness (QED) is 0.269. The van der Waals surface area contributed by atoms with E-state index in [1.165, 1.54) is 0 Å². The van der Waals surface area contributed by atoms with Crippen molar-refractivity contribution in [2.45, 2.75) is 106 Å². The summed E-state index contributed by atoms with van der Waals surface area (Å²) in [6.45, 7) is 18.3. The molecule has 2 atom stereocenters. The number of carbonyl (C=O) groups excluding carboxylic acids is 3. The lowest BCUT2D eigenvalue weighted by molar-refractivity contribution is -0.192. The number of ketones is 2. The molecule has 0 radical (unpaired) electrons. The van der Waals surface area contributed by atoms with Crippen molar-refractivity contribution in [2.75, 3.05) is 0 Å². The van der Waals surface area contributed by atoms with E-state index in [1.54, 1.807) is 48.5 Å². The van der Waals surface area contributed by atoms with Crippen LogP contribution in [0.15, 0.2) is 60.7 Å². The van der Waals surface area contributed by atoms with E-state index >= 15 is 0 Å². The molecular formula is C33H46O6. The molecule has 6 nitrogen and oxygen atoms in total. The zero-order chi connectivity index (χ0) is 29.6. The Morgan fingerprint density at radius 1 is 0.718 bits per heavy atom. The largest absolute Gasteiger partial charge is 0.459 e. The van der Waals surface area contributed by atoms with Gasteiger partial charge in [0.1, 0.15) is 18.5 Å². The van der Waals surface area contributed by atoms with Crippen molar-refractivity contribution in [3.63, 3.8) is 0 Å². The second-order valence-corrected chi connectivity index (χ2v) is 13.1. The molecular weight excluding hydrogens is 492 g/mol. The first kappa shape index (κ1) is 32.4. The summed E-state index contributed by atoms with van der Waals surface area (Å²) in [4.78, 5) is 40.4. The number of esters is 1. The van der Waals surface area contributed by atoms with Crippen LogP contribution in [0, 0.1) is 10.8 Å². The zero-order valence-electron chi connectivity index (χ0n) is 25.3. The molecule has 0 amide bonds. The van der Waals surface area contributed by atoms with E-state index in [0.29, 0.717) is 0 Å². The van der Waals surface area contributed by atoms with Crippen molar-refractivity contribution < 1.29 is 28.6 Å². The van der Waals surface area contributed by atoms with Crippen LogP contribution < -0.4 is 0 Å². The highest BCUT2D eigenvalue weighted by Crippen LogP contribution is 2.42. The molecule has 2 unspecified atom stereocenters. The Hall–Kier alpha value is -2.83. The zero-order valence-corrected chi connectivity index (χ0v) is 25.3. The predicted octanol–water partition coefficient (Wildman–Crippen LogP) is 7.05. The molecule has 0 N–H and O–H groups in total. The van der Waals surface area contributed by atoms with Crippen LogP contribution in [0.3, 0.4) is 0 Å². The van der Waals surface area contributed by atoms with E-state index in [2.05, 4.69) is 0 Å². The Bertz CT molecular complexity index is 1100. The van der Waals surface area contributed by atoms with Crippen molar-refractivity contribution in [1.29, 1.82) is 0 Å². The summed E-state index contributed by atoms with van der Waals surface area (Å²) in [5.41, 5.74) is -1.96. The standard InChI is InChI=1S/C33H46O6/c1-30(2,3)26(34)21-25(29(36)37-22-23-17-13-11-14-18-23)38-33(9,10)32(7,8)28(35)27(39-31(4,5)6)24-19-15-12-16-20-24/h11-20,25,27H,21-22H2,1-10H3. The van der Waals surface area contributed by atoms with Gasteiger partial charge in [0.25, 0.3) is 0 Å². The van der Waals surface area contributed by atoms with E-state index in [9.17, 15) is 14.4 Å². The molecule has 0 aromatic heterocycles. The van der Waals surface area contributed by atoms with Gasteiger partial charge in [-0.3, -0.25) is 9.59 Å². The molecule has 2 aromatic carbocycles. The number of benzene rings is 2. The van der Waals surface area contributed by atoms with Crippen LogP contribution in [0.5, 0.6) is 0 Å². The van der Waals surface area contributed by atoms with Crippen LogP contribution in [-0.2, 0) is 35.2 Å². The number of rotatable bonds is 12. The molecule has 214 valence electrons. The number of Topliss-reactive ketones (excluding diaryl/α,β-unsaturated/α-hetero) is 2. The van der Waals surface area contributed by atoms with E-state index in [0.717, 1.165) is 11.1 Å². The fourth-order valence-corrected chi connectivity index (χ4v) is 3.85. The first-order valence-electron chi connectivity index (χ1n) is 13.5. The van der Waals surface area contributed by atoms with Gasteiger partial charge in [0.2, 0.25) is 0 Å². The van der Waals surface area contributed by atoms with Crippen LogP contribution in [0.2, 0.25) is 0 Å². The highest BCUT2D eigenvalue weighted by Gasteiger charge is 2.50. The number of carbonyl (C=O) groups is 3. The maximum absolute atomic E-state index is 14.1. The summed E-state index contributed by atoms with van der Waals surface area (Å²) in [6.07, 6.45) is -2.18. The maximum Gasteiger partial charge on any atom is 0.336 e. The third-order valence-corrected chi connectivity index (χ3v) is 7.06. The van der Waals surface area contributed by atoms with Crippen molar-refractivity contribution in [3.8, 4) is 0 Å². The third-order valence-electron chi connectivity index (χ3n) is 7.06. The highest BCUT2D eigenvalue weighted by molar-refractivity contribution is 5.91. The Labute approximate surface area is 234 Å². The Morgan fingerprint density at radius 3 is 1.72 bits per heavy atom. The van der Waals surface area contributed by atoms with Gasteiger partial charge >= 0.3 is 5.97 Å². The normalized spacial score (nSPS) is 14.4. The predicted molar refractivity (Wildman–Crippen MR) is 153 cm³/mol. The van der Waals surface area contributed by atoms with Gasteiger partial charge in [-0.05, 0) is 45.7 Å². The van der Waals surface area contributed by atoms with Gasteiger partial charge in [0.15, 0.2) is 11.9 Å². The average Bonchev–Trinajstić information content (AvgIpc) is 2.84. The summed E-state index contributed by atoms with van der Waals surface area (Å²) in [5.74, 6) is -0.965. The average molecular weight is 539 g/mol. The molecule has 0 spiro atoms. The Kier molecular flexibility index (Phi) is 10.4. The molecule has 2 aromatic rings. The van der Waals surface area contributed by atoms with Gasteiger partial charge in [-0.2, -0.15) is 0 Å². The first-order valence-corrected chi connectivity index (χ1v) is 13.5. The van der Waals surface area contributed by atoms with Crippen molar-refractivity contribution in [2.24, 2.45) is 10.8 Å². The summed E-state index contributed by atoms with van der Waals surface area (Å²) >= 11 is 0. The first-order chi connectivity index (χ1) is 17.8. The lowest BCUT2D eigenvalue weighted by atomic mass is 9.71. The van der Waals surface area contributed by atoms with E-state index < -0.39 is 40.2 Å². The molecule has 6 heteroatoms. The minimum Gasteiger partial charge on any atom is -0.459 e. The lowest BCUT2D eigenvalue weighted by Gasteiger charge is -2.44. The lowest BCUT2D eigenvalue weighted by Crippen LogP contribution is -2.53. The van der Waals surface area contributed by atoms with E-state index in [-0.39, 0.29) is 24.6 Å². The summed E-state index contributed by atoms with van der Waals surface area (Å²) < 4.78 is 18.2. The fourth-order valence-electron chi connectivity index (χ4n) is 3.85.